The van der Waals surface area contributed by atoms with Crippen LogP contribution in [0.25, 0.3) is 0 Å². The third kappa shape index (κ3) is 2.76. The predicted octanol–water partition coefficient (Wildman–Crippen LogP) is 1.82. The summed E-state index contributed by atoms with van der Waals surface area (Å²) < 4.78 is 5.29. The van der Waals surface area contributed by atoms with Crippen LogP contribution in [0.4, 0.5) is 0 Å². The van der Waals surface area contributed by atoms with Crippen LogP contribution in [-0.4, -0.2) is 24.4 Å². The van der Waals surface area contributed by atoms with Gasteiger partial charge in [0.25, 0.3) is 0 Å². The highest BCUT2D eigenvalue weighted by molar-refractivity contribution is 4.86. The Labute approximate surface area is 74.9 Å². The summed E-state index contributed by atoms with van der Waals surface area (Å²) in [5.74, 6) is 1.18. The summed E-state index contributed by atoms with van der Waals surface area (Å²) >= 11 is 0. The van der Waals surface area contributed by atoms with Gasteiger partial charge in [0.2, 0.25) is 0 Å². The van der Waals surface area contributed by atoms with Crippen molar-refractivity contribution in [1.29, 1.82) is 0 Å². The first-order valence-corrected chi connectivity index (χ1v) is 4.86. The Hall–Kier alpha value is -0.0800. The average Bonchev–Trinajstić information content (AvgIpc) is 2.70. The molecule has 0 radical (unpaired) electrons. The summed E-state index contributed by atoms with van der Waals surface area (Å²) in [6, 6.07) is 0. The van der Waals surface area contributed by atoms with Crippen LogP contribution in [0.1, 0.15) is 33.1 Å². The summed E-state index contributed by atoms with van der Waals surface area (Å²) in [4.78, 5) is 0. The molecule has 0 heterocycles. The lowest BCUT2D eigenvalue weighted by Gasteiger charge is -2.22. The number of methoxy groups -OCH3 is 1. The Morgan fingerprint density at radius 2 is 2.00 bits per heavy atom. The molecule has 2 unspecified atom stereocenters. The Kier molecular flexibility index (Phi) is 3.53. The van der Waals surface area contributed by atoms with E-state index in [0.29, 0.717) is 11.8 Å². The Bertz CT molecular complexity index is 130. The summed E-state index contributed by atoms with van der Waals surface area (Å²) in [7, 11) is 1.70. The van der Waals surface area contributed by atoms with Crippen LogP contribution >= 0.6 is 0 Å². The lowest BCUT2D eigenvalue weighted by Crippen LogP contribution is -2.31. The van der Waals surface area contributed by atoms with Gasteiger partial charge in [-0.1, -0.05) is 13.8 Å². The van der Waals surface area contributed by atoms with Crippen LogP contribution in [0.2, 0.25) is 0 Å². The van der Waals surface area contributed by atoms with Crippen LogP contribution in [0.5, 0.6) is 0 Å². The Morgan fingerprint density at radius 3 is 2.33 bits per heavy atom. The van der Waals surface area contributed by atoms with E-state index in [0.717, 1.165) is 6.42 Å². The van der Waals surface area contributed by atoms with Crippen LogP contribution in [0.15, 0.2) is 0 Å². The van der Waals surface area contributed by atoms with E-state index in [1.807, 2.05) is 0 Å². The molecule has 2 nitrogen and oxygen atoms in total. The zero-order valence-corrected chi connectivity index (χ0v) is 8.29. The smallest absolute Gasteiger partial charge is 0.0858 e. The van der Waals surface area contributed by atoms with E-state index in [9.17, 15) is 5.11 Å². The lowest BCUT2D eigenvalue weighted by atomic mass is 9.99. The highest BCUT2D eigenvalue weighted by Gasteiger charge is 2.35. The fourth-order valence-electron chi connectivity index (χ4n) is 1.71. The highest BCUT2D eigenvalue weighted by atomic mass is 16.5. The van der Waals surface area contributed by atoms with Gasteiger partial charge in [-0.3, -0.25) is 0 Å². The molecule has 0 amide bonds. The van der Waals surface area contributed by atoms with Crippen LogP contribution in [0, 0.1) is 11.8 Å². The molecule has 1 saturated carbocycles. The second kappa shape index (κ2) is 4.24. The predicted molar refractivity (Wildman–Crippen MR) is 49.0 cm³/mol. The maximum Gasteiger partial charge on any atom is 0.0858 e. The average molecular weight is 172 g/mol. The topological polar surface area (TPSA) is 29.5 Å². The fourth-order valence-corrected chi connectivity index (χ4v) is 1.71. The van der Waals surface area contributed by atoms with Crippen molar-refractivity contribution in [2.45, 2.75) is 45.3 Å². The van der Waals surface area contributed by atoms with Crippen molar-refractivity contribution in [2.24, 2.45) is 11.8 Å². The maximum absolute atomic E-state index is 9.76. The molecule has 1 rings (SSSR count). The molecule has 2 atom stereocenters. The van der Waals surface area contributed by atoms with Gasteiger partial charge in [-0.15, -0.1) is 0 Å². The van der Waals surface area contributed by atoms with Crippen LogP contribution in [0.3, 0.4) is 0 Å². The molecule has 0 bridgehead atoms. The molecule has 12 heavy (non-hydrogen) atoms. The molecule has 0 saturated heterocycles. The van der Waals surface area contributed by atoms with Crippen molar-refractivity contribution in [1.82, 2.24) is 0 Å². The molecule has 1 aliphatic rings. The van der Waals surface area contributed by atoms with E-state index < -0.39 is 0 Å². The third-order valence-corrected chi connectivity index (χ3v) is 2.45. The molecular formula is C10H20O2. The van der Waals surface area contributed by atoms with E-state index in [2.05, 4.69) is 13.8 Å². The highest BCUT2D eigenvalue weighted by Crippen LogP contribution is 2.36. The second-order valence-electron chi connectivity index (χ2n) is 4.23. The van der Waals surface area contributed by atoms with Gasteiger partial charge in [0.15, 0.2) is 0 Å². The molecule has 0 aromatic rings. The fraction of sp³-hybridized carbons (Fsp3) is 1.00. The Morgan fingerprint density at radius 1 is 1.42 bits per heavy atom. The van der Waals surface area contributed by atoms with Crippen molar-refractivity contribution in [3.8, 4) is 0 Å². The number of hydrogen-bond donors (Lipinski definition) is 1. The van der Waals surface area contributed by atoms with Gasteiger partial charge in [0.1, 0.15) is 0 Å². The SMILES string of the molecule is COC(C(O)CC(C)C)C1CC1. The van der Waals surface area contributed by atoms with Gasteiger partial charge in [-0.2, -0.15) is 0 Å². The van der Waals surface area contributed by atoms with Gasteiger partial charge >= 0.3 is 0 Å². The number of rotatable bonds is 5. The largest absolute Gasteiger partial charge is 0.390 e. The molecule has 1 N–H and O–H groups in total. The maximum atomic E-state index is 9.76. The van der Waals surface area contributed by atoms with Crippen molar-refractivity contribution in [2.75, 3.05) is 7.11 Å². The molecule has 0 spiro atoms. The molecule has 0 aromatic heterocycles. The summed E-state index contributed by atoms with van der Waals surface area (Å²) in [6.07, 6.45) is 3.14. The van der Waals surface area contributed by atoms with E-state index in [1.165, 1.54) is 12.8 Å². The van der Waals surface area contributed by atoms with Crippen molar-refractivity contribution >= 4 is 0 Å². The minimum Gasteiger partial charge on any atom is -0.390 e. The van der Waals surface area contributed by atoms with E-state index >= 15 is 0 Å². The lowest BCUT2D eigenvalue weighted by molar-refractivity contribution is -0.0329. The number of hydrogen-bond acceptors (Lipinski definition) is 2. The van der Waals surface area contributed by atoms with Gasteiger partial charge in [-0.05, 0) is 31.1 Å². The summed E-state index contributed by atoms with van der Waals surface area (Å²) in [6.45, 7) is 4.26. The zero-order chi connectivity index (χ0) is 9.14. The minimum atomic E-state index is -0.262. The molecule has 2 heteroatoms. The van der Waals surface area contributed by atoms with Gasteiger partial charge in [0, 0.05) is 7.11 Å². The molecule has 0 aliphatic heterocycles. The Balaban J connectivity index is 2.30. The van der Waals surface area contributed by atoms with E-state index in [-0.39, 0.29) is 12.2 Å². The van der Waals surface area contributed by atoms with Gasteiger partial charge in [0.05, 0.1) is 12.2 Å². The van der Waals surface area contributed by atoms with Gasteiger partial charge in [-0.25, -0.2) is 0 Å². The number of aliphatic hydroxyl groups excluding tert-OH is 1. The monoisotopic (exact) mass is 172 g/mol. The number of ether oxygens (including phenoxy) is 1. The second-order valence-corrected chi connectivity index (χ2v) is 4.23. The van der Waals surface area contributed by atoms with Crippen molar-refractivity contribution in [3.63, 3.8) is 0 Å². The van der Waals surface area contributed by atoms with Crippen molar-refractivity contribution in [3.05, 3.63) is 0 Å². The quantitative estimate of drug-likeness (QED) is 0.685. The van der Waals surface area contributed by atoms with E-state index in [4.69, 9.17) is 4.74 Å². The minimum absolute atomic E-state index is 0.0902. The summed E-state index contributed by atoms with van der Waals surface area (Å²) in [5.41, 5.74) is 0. The number of aliphatic hydroxyl groups is 1. The normalized spacial score (nSPS) is 22.8. The first-order valence-electron chi connectivity index (χ1n) is 4.86. The summed E-state index contributed by atoms with van der Waals surface area (Å²) in [5, 5.41) is 9.76. The molecule has 1 aliphatic carbocycles. The zero-order valence-electron chi connectivity index (χ0n) is 8.29. The van der Waals surface area contributed by atoms with Crippen molar-refractivity contribution < 1.29 is 9.84 Å². The standard InChI is InChI=1S/C10H20O2/c1-7(2)6-9(11)10(12-3)8-4-5-8/h7-11H,4-6H2,1-3H3. The first-order chi connectivity index (χ1) is 5.65. The van der Waals surface area contributed by atoms with Crippen LogP contribution in [-0.2, 0) is 4.74 Å². The molecular weight excluding hydrogens is 152 g/mol. The first kappa shape index (κ1) is 10.0. The van der Waals surface area contributed by atoms with Crippen LogP contribution < -0.4 is 0 Å². The third-order valence-electron chi connectivity index (χ3n) is 2.45. The molecule has 72 valence electrons. The molecule has 0 aromatic carbocycles. The molecule has 1 fully saturated rings. The van der Waals surface area contributed by atoms with Gasteiger partial charge < -0.3 is 9.84 Å². The van der Waals surface area contributed by atoms with E-state index in [1.54, 1.807) is 7.11 Å².